The molecule has 1 heterocycles. The summed E-state index contributed by atoms with van der Waals surface area (Å²) in [5.74, 6) is -0.290. The fourth-order valence-electron chi connectivity index (χ4n) is 1.91. The number of aromatic hydroxyl groups is 1. The molecule has 5 nitrogen and oxygen atoms in total. The number of rotatable bonds is 3. The van der Waals surface area contributed by atoms with E-state index < -0.39 is 5.91 Å². The predicted molar refractivity (Wildman–Crippen MR) is 88.0 cm³/mol. The number of nitrogens with zero attached hydrogens (tertiary/aromatic N) is 1. The van der Waals surface area contributed by atoms with Crippen molar-refractivity contribution in [2.45, 2.75) is 0 Å². The lowest BCUT2D eigenvalue weighted by Gasteiger charge is -2.04. The number of hydrogen-bond donors (Lipinski definition) is 2. The molecule has 0 atom stereocenters. The monoisotopic (exact) mass is 348 g/mol. The third kappa shape index (κ3) is 3.31. The van der Waals surface area contributed by atoms with Crippen molar-refractivity contribution in [1.29, 1.82) is 0 Å². The van der Waals surface area contributed by atoms with E-state index in [0.717, 1.165) is 0 Å². The highest BCUT2D eigenvalue weighted by Crippen LogP contribution is 2.28. The standard InChI is InChI=1S/C16H10Cl2N2O3/c17-10-6-5-9(7-11(10)18)16-20-13(8-23-16)15(22)19-12-3-1-2-4-14(12)21/h1-8,21H,(H,19,22). The van der Waals surface area contributed by atoms with Gasteiger partial charge < -0.3 is 14.8 Å². The minimum Gasteiger partial charge on any atom is -0.506 e. The molecule has 2 aromatic carbocycles. The van der Waals surface area contributed by atoms with Gasteiger partial charge in [0.1, 0.15) is 12.0 Å². The molecule has 0 radical (unpaired) electrons. The third-order valence-corrected chi connectivity index (χ3v) is 3.79. The minimum absolute atomic E-state index is 0.0333. The van der Waals surface area contributed by atoms with Crippen molar-refractivity contribution in [2.75, 3.05) is 5.32 Å². The molecule has 0 aliphatic carbocycles. The number of oxazole rings is 1. The highest BCUT2D eigenvalue weighted by molar-refractivity contribution is 6.42. The molecule has 0 aliphatic heterocycles. The Morgan fingerprint density at radius 2 is 1.91 bits per heavy atom. The number of amides is 1. The Balaban J connectivity index is 1.82. The summed E-state index contributed by atoms with van der Waals surface area (Å²) in [7, 11) is 0. The van der Waals surface area contributed by atoms with Gasteiger partial charge in [0, 0.05) is 5.56 Å². The number of hydrogen-bond acceptors (Lipinski definition) is 4. The second kappa shape index (κ2) is 6.32. The number of anilines is 1. The molecule has 1 amide bonds. The first-order valence-electron chi connectivity index (χ1n) is 6.55. The second-order valence-electron chi connectivity index (χ2n) is 4.64. The maximum atomic E-state index is 12.1. The minimum atomic E-state index is -0.499. The van der Waals surface area contributed by atoms with E-state index in [0.29, 0.717) is 15.6 Å². The van der Waals surface area contributed by atoms with E-state index in [9.17, 15) is 9.90 Å². The van der Waals surface area contributed by atoms with Crippen molar-refractivity contribution in [3.8, 4) is 17.2 Å². The predicted octanol–water partition coefficient (Wildman–Crippen LogP) is 4.61. The van der Waals surface area contributed by atoms with Gasteiger partial charge in [-0.3, -0.25) is 4.79 Å². The maximum absolute atomic E-state index is 12.1. The third-order valence-electron chi connectivity index (χ3n) is 3.06. The zero-order valence-corrected chi connectivity index (χ0v) is 13.1. The Morgan fingerprint density at radius 3 is 2.65 bits per heavy atom. The van der Waals surface area contributed by atoms with Gasteiger partial charge in [0.05, 0.1) is 15.7 Å². The van der Waals surface area contributed by atoms with Gasteiger partial charge in [-0.1, -0.05) is 35.3 Å². The van der Waals surface area contributed by atoms with E-state index in [1.807, 2.05) is 0 Å². The van der Waals surface area contributed by atoms with Crippen LogP contribution in [0.3, 0.4) is 0 Å². The Bertz CT molecular complexity index is 877. The van der Waals surface area contributed by atoms with E-state index >= 15 is 0 Å². The van der Waals surface area contributed by atoms with Crippen LogP contribution in [0.4, 0.5) is 5.69 Å². The SMILES string of the molecule is O=C(Nc1ccccc1O)c1coc(-c2ccc(Cl)c(Cl)c2)n1. The van der Waals surface area contributed by atoms with Crippen molar-refractivity contribution in [2.24, 2.45) is 0 Å². The van der Waals surface area contributed by atoms with Crippen molar-refractivity contribution in [1.82, 2.24) is 4.98 Å². The smallest absolute Gasteiger partial charge is 0.277 e. The molecule has 0 fully saturated rings. The highest BCUT2D eigenvalue weighted by Gasteiger charge is 2.15. The zero-order chi connectivity index (χ0) is 16.4. The van der Waals surface area contributed by atoms with Gasteiger partial charge >= 0.3 is 0 Å². The molecular weight excluding hydrogens is 339 g/mol. The molecule has 116 valence electrons. The van der Waals surface area contributed by atoms with Gasteiger partial charge in [-0.05, 0) is 30.3 Å². The van der Waals surface area contributed by atoms with Crippen molar-refractivity contribution in [3.05, 3.63) is 64.5 Å². The van der Waals surface area contributed by atoms with Gasteiger partial charge in [0.25, 0.3) is 5.91 Å². The van der Waals surface area contributed by atoms with Crippen LogP contribution in [0.15, 0.2) is 53.1 Å². The molecule has 0 unspecified atom stereocenters. The number of para-hydroxylation sites is 2. The number of phenolic OH excluding ortho intramolecular Hbond substituents is 1. The normalized spacial score (nSPS) is 10.5. The number of carbonyl (C=O) groups is 1. The van der Waals surface area contributed by atoms with Crippen LogP contribution in [-0.2, 0) is 0 Å². The fraction of sp³-hybridized carbons (Fsp3) is 0. The summed E-state index contributed by atoms with van der Waals surface area (Å²) in [6.07, 6.45) is 1.23. The fourth-order valence-corrected chi connectivity index (χ4v) is 2.20. The van der Waals surface area contributed by atoms with E-state index in [-0.39, 0.29) is 23.0 Å². The van der Waals surface area contributed by atoms with E-state index in [1.165, 1.54) is 12.3 Å². The quantitative estimate of drug-likeness (QED) is 0.678. The molecule has 3 aromatic rings. The molecule has 0 spiro atoms. The summed E-state index contributed by atoms with van der Waals surface area (Å²) in [5.41, 5.74) is 0.965. The topological polar surface area (TPSA) is 75.4 Å². The number of carbonyl (C=O) groups excluding carboxylic acids is 1. The summed E-state index contributed by atoms with van der Waals surface area (Å²) in [4.78, 5) is 16.3. The number of aromatic nitrogens is 1. The zero-order valence-electron chi connectivity index (χ0n) is 11.6. The van der Waals surface area contributed by atoms with Crippen LogP contribution in [0, 0.1) is 0 Å². The van der Waals surface area contributed by atoms with Crippen LogP contribution in [0.1, 0.15) is 10.5 Å². The van der Waals surface area contributed by atoms with Crippen molar-refractivity contribution < 1.29 is 14.3 Å². The molecule has 0 saturated heterocycles. The van der Waals surface area contributed by atoms with Gasteiger partial charge in [-0.15, -0.1) is 0 Å². The summed E-state index contributed by atoms with van der Waals surface area (Å²) < 4.78 is 5.30. The summed E-state index contributed by atoms with van der Waals surface area (Å²) in [5, 5.41) is 13.0. The summed E-state index contributed by atoms with van der Waals surface area (Å²) in [6, 6.07) is 11.3. The lowest BCUT2D eigenvalue weighted by molar-refractivity contribution is 0.102. The molecule has 2 N–H and O–H groups in total. The Morgan fingerprint density at radius 1 is 1.13 bits per heavy atom. The van der Waals surface area contributed by atoms with Gasteiger partial charge in [-0.2, -0.15) is 0 Å². The molecule has 0 saturated carbocycles. The molecule has 0 aliphatic rings. The number of halogens is 2. The molecule has 1 aromatic heterocycles. The van der Waals surface area contributed by atoms with E-state index in [2.05, 4.69) is 10.3 Å². The Kier molecular flexibility index (Phi) is 4.23. The highest BCUT2D eigenvalue weighted by atomic mass is 35.5. The van der Waals surface area contributed by atoms with Crippen molar-refractivity contribution in [3.63, 3.8) is 0 Å². The van der Waals surface area contributed by atoms with Crippen LogP contribution in [0.5, 0.6) is 5.75 Å². The van der Waals surface area contributed by atoms with Crippen LogP contribution in [-0.4, -0.2) is 16.0 Å². The van der Waals surface area contributed by atoms with Crippen molar-refractivity contribution >= 4 is 34.8 Å². The molecule has 0 bridgehead atoms. The van der Waals surface area contributed by atoms with Gasteiger partial charge in [-0.25, -0.2) is 4.98 Å². The first kappa shape index (κ1) is 15.4. The summed E-state index contributed by atoms with van der Waals surface area (Å²) >= 11 is 11.8. The lowest BCUT2D eigenvalue weighted by atomic mass is 10.2. The molecule has 7 heteroatoms. The van der Waals surface area contributed by atoms with Gasteiger partial charge in [0.2, 0.25) is 5.89 Å². The van der Waals surface area contributed by atoms with Gasteiger partial charge in [0.15, 0.2) is 5.69 Å². The number of nitrogens with one attached hydrogen (secondary N) is 1. The van der Waals surface area contributed by atoms with Crippen LogP contribution in [0.25, 0.3) is 11.5 Å². The molecule has 3 rings (SSSR count). The molecular formula is C16H10Cl2N2O3. The second-order valence-corrected chi connectivity index (χ2v) is 5.45. The lowest BCUT2D eigenvalue weighted by Crippen LogP contribution is -2.12. The first-order valence-corrected chi connectivity index (χ1v) is 7.30. The Labute approximate surface area is 141 Å². The average Bonchev–Trinajstić information content (AvgIpc) is 3.02. The van der Waals surface area contributed by atoms with E-state index in [4.69, 9.17) is 27.6 Å². The first-order chi connectivity index (χ1) is 11.0. The number of benzene rings is 2. The average molecular weight is 349 g/mol. The van der Waals surface area contributed by atoms with Crippen LogP contribution >= 0.6 is 23.2 Å². The Hall–Kier alpha value is -2.50. The van der Waals surface area contributed by atoms with E-state index in [1.54, 1.807) is 36.4 Å². The number of phenols is 1. The van der Waals surface area contributed by atoms with Crippen LogP contribution < -0.4 is 5.32 Å². The maximum Gasteiger partial charge on any atom is 0.277 e. The van der Waals surface area contributed by atoms with Crippen LogP contribution in [0.2, 0.25) is 10.0 Å². The summed E-state index contributed by atoms with van der Waals surface area (Å²) in [6.45, 7) is 0. The largest absolute Gasteiger partial charge is 0.506 e. The molecule has 23 heavy (non-hydrogen) atoms.